The number of hydrogen-bond acceptors (Lipinski definition) is 8. The van der Waals surface area contributed by atoms with Crippen LogP contribution in [-0.4, -0.2) is 33.2 Å². The molecule has 3 aromatic rings. The molecule has 0 radical (unpaired) electrons. The summed E-state index contributed by atoms with van der Waals surface area (Å²) in [5.74, 6) is 6.46. The number of aromatic nitrogens is 4. The molecule has 1 fully saturated rings. The zero-order valence-electron chi connectivity index (χ0n) is 15.6. The summed E-state index contributed by atoms with van der Waals surface area (Å²) in [4.78, 5) is 21.0. The van der Waals surface area contributed by atoms with E-state index in [9.17, 15) is 10.1 Å². The van der Waals surface area contributed by atoms with Crippen molar-refractivity contribution in [2.45, 2.75) is 12.8 Å². The summed E-state index contributed by atoms with van der Waals surface area (Å²) in [5.41, 5.74) is 1.30. The molecule has 3 aromatic heterocycles. The van der Waals surface area contributed by atoms with Crippen molar-refractivity contribution in [3.05, 3.63) is 45.9 Å². The Bertz CT molecular complexity index is 1240. The first-order chi connectivity index (χ1) is 14.6. The van der Waals surface area contributed by atoms with Gasteiger partial charge in [-0.2, -0.15) is 5.26 Å². The molecule has 1 amide bonds. The Balaban J connectivity index is 1.67. The van der Waals surface area contributed by atoms with Gasteiger partial charge in [-0.25, -0.2) is 9.97 Å². The van der Waals surface area contributed by atoms with Crippen molar-refractivity contribution in [2.75, 3.05) is 12.4 Å². The van der Waals surface area contributed by atoms with Crippen LogP contribution in [0.15, 0.2) is 24.5 Å². The van der Waals surface area contributed by atoms with Gasteiger partial charge < -0.3 is 4.74 Å². The second-order valence-corrected chi connectivity index (χ2v) is 7.71. The molecule has 30 heavy (non-hydrogen) atoms. The highest BCUT2D eigenvalue weighted by Gasteiger charge is 2.20. The molecular weight excluding hydrogens is 424 g/mol. The molecule has 10 heteroatoms. The molecule has 0 bridgehead atoms. The summed E-state index contributed by atoms with van der Waals surface area (Å²) in [5, 5.41) is 21.0. The van der Waals surface area contributed by atoms with Crippen molar-refractivity contribution < 1.29 is 9.53 Å². The molecule has 0 unspecified atom stereocenters. The molecule has 1 N–H and O–H groups in total. The van der Waals surface area contributed by atoms with E-state index >= 15 is 0 Å². The molecule has 0 spiro atoms. The van der Waals surface area contributed by atoms with Crippen LogP contribution in [-0.2, 0) is 0 Å². The minimum atomic E-state index is -0.463. The lowest BCUT2D eigenvalue weighted by atomic mass is 10.0. The maximum atomic E-state index is 13.0. The van der Waals surface area contributed by atoms with Gasteiger partial charge in [0.15, 0.2) is 5.01 Å². The summed E-state index contributed by atoms with van der Waals surface area (Å²) in [7, 11) is 1.48. The van der Waals surface area contributed by atoms with Crippen molar-refractivity contribution in [3.63, 3.8) is 0 Å². The molecule has 4 rings (SSSR count). The van der Waals surface area contributed by atoms with Gasteiger partial charge in [0, 0.05) is 23.2 Å². The Kier molecular flexibility index (Phi) is 5.57. The number of nitrogens with zero attached hydrogens (tertiary/aromatic N) is 5. The molecule has 0 atom stereocenters. The van der Waals surface area contributed by atoms with Crippen LogP contribution in [0.3, 0.4) is 0 Å². The number of carbonyl (C=O) groups is 1. The quantitative estimate of drug-likeness (QED) is 0.491. The van der Waals surface area contributed by atoms with Crippen LogP contribution >= 0.6 is 22.9 Å². The van der Waals surface area contributed by atoms with Gasteiger partial charge >= 0.3 is 0 Å². The smallest absolute Gasteiger partial charge is 0.259 e. The number of methoxy groups -OCH3 is 1. The van der Waals surface area contributed by atoms with E-state index in [0.717, 1.165) is 12.8 Å². The molecule has 1 aliphatic rings. The highest BCUT2D eigenvalue weighted by Crippen LogP contribution is 2.34. The Labute approximate surface area is 180 Å². The van der Waals surface area contributed by atoms with E-state index < -0.39 is 5.91 Å². The third kappa shape index (κ3) is 4.38. The highest BCUT2D eigenvalue weighted by atomic mass is 35.5. The zero-order valence-corrected chi connectivity index (χ0v) is 17.2. The van der Waals surface area contributed by atoms with Crippen LogP contribution in [0.25, 0.3) is 11.1 Å². The van der Waals surface area contributed by atoms with Gasteiger partial charge in [0.2, 0.25) is 5.13 Å². The van der Waals surface area contributed by atoms with Gasteiger partial charge in [0.1, 0.15) is 22.7 Å². The molecule has 0 aromatic carbocycles. The van der Waals surface area contributed by atoms with Crippen molar-refractivity contribution in [1.29, 1.82) is 5.26 Å². The van der Waals surface area contributed by atoms with Gasteiger partial charge in [0.05, 0.1) is 18.9 Å². The predicted octanol–water partition coefficient (Wildman–Crippen LogP) is 3.54. The third-order valence-corrected chi connectivity index (χ3v) is 5.17. The average molecular weight is 437 g/mol. The summed E-state index contributed by atoms with van der Waals surface area (Å²) in [6.45, 7) is 0. The second-order valence-electron chi connectivity index (χ2n) is 6.34. The fraction of sp³-hybridized carbons (Fsp3) is 0.200. The van der Waals surface area contributed by atoms with Crippen molar-refractivity contribution in [1.82, 2.24) is 20.2 Å². The maximum Gasteiger partial charge on any atom is 0.259 e. The van der Waals surface area contributed by atoms with Crippen LogP contribution in [0.5, 0.6) is 5.75 Å². The first kappa shape index (κ1) is 19.8. The number of nitriles is 1. The van der Waals surface area contributed by atoms with Gasteiger partial charge in [-0.3, -0.25) is 10.1 Å². The number of pyridine rings is 2. The van der Waals surface area contributed by atoms with Crippen molar-refractivity contribution in [3.8, 4) is 34.8 Å². The van der Waals surface area contributed by atoms with Gasteiger partial charge in [0.25, 0.3) is 5.91 Å². The number of ether oxygens (including phenoxy) is 1. The lowest BCUT2D eigenvalue weighted by Crippen LogP contribution is -2.14. The molecule has 8 nitrogen and oxygen atoms in total. The number of anilines is 1. The fourth-order valence-corrected chi connectivity index (χ4v) is 3.35. The van der Waals surface area contributed by atoms with Crippen LogP contribution in [0.2, 0.25) is 5.15 Å². The first-order valence-electron chi connectivity index (χ1n) is 8.84. The molecule has 0 aliphatic heterocycles. The highest BCUT2D eigenvalue weighted by molar-refractivity contribution is 7.15. The molecule has 1 saturated carbocycles. The second kappa shape index (κ2) is 8.46. The summed E-state index contributed by atoms with van der Waals surface area (Å²) < 4.78 is 5.34. The van der Waals surface area contributed by atoms with Gasteiger partial charge in [-0.1, -0.05) is 28.9 Å². The van der Waals surface area contributed by atoms with E-state index in [1.807, 2.05) is 6.07 Å². The number of amides is 1. The first-order valence-corrected chi connectivity index (χ1v) is 10.0. The lowest BCUT2D eigenvalue weighted by molar-refractivity contribution is 0.102. The minimum absolute atomic E-state index is 0.144. The summed E-state index contributed by atoms with van der Waals surface area (Å²) in [6, 6.07) is 5.02. The third-order valence-electron chi connectivity index (χ3n) is 4.21. The molecule has 0 saturated heterocycles. The van der Waals surface area contributed by atoms with E-state index in [2.05, 4.69) is 37.3 Å². The molecule has 1 aliphatic carbocycles. The lowest BCUT2D eigenvalue weighted by Gasteiger charge is -2.12. The molecule has 3 heterocycles. The normalized spacial score (nSPS) is 12.4. The Morgan fingerprint density at radius 3 is 2.83 bits per heavy atom. The van der Waals surface area contributed by atoms with Crippen LogP contribution in [0.1, 0.15) is 33.9 Å². The molecule has 148 valence electrons. The number of carbonyl (C=O) groups excluding carboxylic acids is 1. The van der Waals surface area contributed by atoms with E-state index in [0.29, 0.717) is 32.9 Å². The number of halogens is 1. The maximum absolute atomic E-state index is 13.0. The SMILES string of the molecule is COc1cnc(Cl)cc1-c1cc(C#N)ncc1C(=O)Nc1nnc(C#CC2CC2)s1. The number of rotatable bonds is 4. The van der Waals surface area contributed by atoms with E-state index in [1.165, 1.54) is 36.9 Å². The number of hydrogen-bond donors (Lipinski definition) is 1. The van der Waals surface area contributed by atoms with E-state index in [1.54, 1.807) is 6.07 Å². The van der Waals surface area contributed by atoms with Crippen LogP contribution < -0.4 is 10.1 Å². The molecular formula is C20H13ClN6O2S. The topological polar surface area (TPSA) is 114 Å². The Morgan fingerprint density at radius 1 is 1.27 bits per heavy atom. The van der Waals surface area contributed by atoms with Crippen molar-refractivity contribution in [2.24, 2.45) is 5.92 Å². The predicted molar refractivity (Wildman–Crippen MR) is 111 cm³/mol. The van der Waals surface area contributed by atoms with E-state index in [4.69, 9.17) is 16.3 Å². The van der Waals surface area contributed by atoms with Gasteiger partial charge in [-0.15, -0.1) is 10.2 Å². The average Bonchev–Trinajstić information content (AvgIpc) is 3.49. The minimum Gasteiger partial charge on any atom is -0.494 e. The Hall–Kier alpha value is -3.53. The zero-order chi connectivity index (χ0) is 21.1. The summed E-state index contributed by atoms with van der Waals surface area (Å²) >= 11 is 7.23. The standard InChI is InChI=1S/C20H13ClN6O2S/c1-29-16-10-24-17(21)7-14(16)13-6-12(8-22)23-9-15(13)19(28)25-20-27-26-18(30-20)5-4-11-2-3-11/h6-7,9-11H,2-3H2,1H3,(H,25,27,28). The van der Waals surface area contributed by atoms with Gasteiger partial charge in [-0.05, 0) is 30.9 Å². The van der Waals surface area contributed by atoms with E-state index in [-0.39, 0.29) is 16.4 Å². The van der Waals surface area contributed by atoms with Crippen LogP contribution in [0.4, 0.5) is 5.13 Å². The van der Waals surface area contributed by atoms with Crippen molar-refractivity contribution >= 4 is 34.0 Å². The number of nitrogens with one attached hydrogen (secondary N) is 1. The monoisotopic (exact) mass is 436 g/mol. The Morgan fingerprint density at radius 2 is 2.10 bits per heavy atom. The van der Waals surface area contributed by atoms with Crippen LogP contribution in [0, 0.1) is 29.1 Å². The summed E-state index contributed by atoms with van der Waals surface area (Å²) in [6.07, 6.45) is 5.01. The largest absolute Gasteiger partial charge is 0.494 e. The fourth-order valence-electron chi connectivity index (χ4n) is 2.59.